The number of rotatable bonds is 5. The lowest BCUT2D eigenvalue weighted by atomic mass is 10.1. The maximum atomic E-state index is 5.76. The van der Waals surface area contributed by atoms with Gasteiger partial charge in [-0.2, -0.15) is 5.10 Å². The topological polar surface area (TPSA) is 55.9 Å². The van der Waals surface area contributed by atoms with Crippen molar-refractivity contribution in [2.24, 2.45) is 12.8 Å². The SMILES string of the molecule is CC#CCCNC(CN)c1cnn(C)c1C. The van der Waals surface area contributed by atoms with Gasteiger partial charge in [0, 0.05) is 43.9 Å². The fourth-order valence-corrected chi connectivity index (χ4v) is 1.61. The lowest BCUT2D eigenvalue weighted by Gasteiger charge is -2.15. The van der Waals surface area contributed by atoms with Crippen LogP contribution < -0.4 is 11.1 Å². The number of aryl methyl sites for hydroxylation is 1. The molecule has 0 aliphatic heterocycles. The molecule has 3 N–H and O–H groups in total. The van der Waals surface area contributed by atoms with Gasteiger partial charge in [-0.05, 0) is 13.8 Å². The van der Waals surface area contributed by atoms with E-state index in [0.29, 0.717) is 6.54 Å². The van der Waals surface area contributed by atoms with Crippen molar-refractivity contribution in [3.63, 3.8) is 0 Å². The van der Waals surface area contributed by atoms with Crippen LogP contribution in [0, 0.1) is 18.8 Å². The summed E-state index contributed by atoms with van der Waals surface area (Å²) in [6, 6.07) is 0.173. The zero-order valence-electron chi connectivity index (χ0n) is 10.2. The highest BCUT2D eigenvalue weighted by Crippen LogP contribution is 2.15. The minimum absolute atomic E-state index is 0.173. The van der Waals surface area contributed by atoms with Crippen LogP contribution in [0.4, 0.5) is 0 Å². The number of aromatic nitrogens is 2. The molecule has 0 saturated carbocycles. The number of nitrogens with zero attached hydrogens (tertiary/aromatic N) is 2. The monoisotopic (exact) mass is 220 g/mol. The summed E-state index contributed by atoms with van der Waals surface area (Å²) in [6.45, 7) is 5.34. The highest BCUT2D eigenvalue weighted by atomic mass is 15.3. The summed E-state index contributed by atoms with van der Waals surface area (Å²) in [5.41, 5.74) is 8.09. The van der Waals surface area contributed by atoms with Crippen molar-refractivity contribution in [1.82, 2.24) is 15.1 Å². The van der Waals surface area contributed by atoms with Crippen molar-refractivity contribution >= 4 is 0 Å². The standard InChI is InChI=1S/C12H20N4/c1-4-5-6-7-14-12(8-13)11-9-15-16(3)10(11)2/h9,12,14H,6-8,13H2,1-3H3. The Morgan fingerprint density at radius 3 is 2.88 bits per heavy atom. The molecular formula is C12H20N4. The van der Waals surface area contributed by atoms with E-state index in [0.717, 1.165) is 18.7 Å². The molecule has 0 amide bonds. The van der Waals surface area contributed by atoms with Crippen LogP contribution in [-0.2, 0) is 7.05 Å². The van der Waals surface area contributed by atoms with E-state index in [2.05, 4.69) is 29.2 Å². The summed E-state index contributed by atoms with van der Waals surface area (Å²) in [4.78, 5) is 0. The Bertz CT molecular complexity index is 383. The zero-order valence-corrected chi connectivity index (χ0v) is 10.2. The average Bonchev–Trinajstić information content (AvgIpc) is 2.61. The number of hydrogen-bond donors (Lipinski definition) is 2. The predicted octanol–water partition coefficient (Wildman–Crippen LogP) is 0.731. The molecule has 1 aromatic heterocycles. The molecule has 0 aliphatic carbocycles. The van der Waals surface area contributed by atoms with E-state index in [1.54, 1.807) is 0 Å². The van der Waals surface area contributed by atoms with Crippen LogP contribution in [0.5, 0.6) is 0 Å². The van der Waals surface area contributed by atoms with Crippen molar-refractivity contribution in [1.29, 1.82) is 0 Å². The molecule has 0 radical (unpaired) electrons. The Hall–Kier alpha value is -1.31. The molecule has 0 spiro atoms. The average molecular weight is 220 g/mol. The number of nitrogens with two attached hydrogens (primary N) is 1. The van der Waals surface area contributed by atoms with Gasteiger partial charge in [0.2, 0.25) is 0 Å². The van der Waals surface area contributed by atoms with E-state index < -0.39 is 0 Å². The Morgan fingerprint density at radius 1 is 1.62 bits per heavy atom. The van der Waals surface area contributed by atoms with E-state index in [4.69, 9.17) is 5.73 Å². The van der Waals surface area contributed by atoms with Crippen LogP contribution in [0.3, 0.4) is 0 Å². The summed E-state index contributed by atoms with van der Waals surface area (Å²) in [5, 5.41) is 7.62. The molecule has 0 fully saturated rings. The van der Waals surface area contributed by atoms with Gasteiger partial charge in [-0.15, -0.1) is 11.8 Å². The fraction of sp³-hybridized carbons (Fsp3) is 0.583. The van der Waals surface area contributed by atoms with Gasteiger partial charge in [-0.3, -0.25) is 4.68 Å². The molecule has 4 nitrogen and oxygen atoms in total. The maximum Gasteiger partial charge on any atom is 0.0540 e. The van der Waals surface area contributed by atoms with Crippen LogP contribution in [0.25, 0.3) is 0 Å². The Kier molecular flexibility index (Phi) is 5.03. The third kappa shape index (κ3) is 3.09. The summed E-state index contributed by atoms with van der Waals surface area (Å²) in [6.07, 6.45) is 2.73. The summed E-state index contributed by atoms with van der Waals surface area (Å²) in [5.74, 6) is 5.90. The molecule has 4 heteroatoms. The smallest absolute Gasteiger partial charge is 0.0540 e. The molecule has 0 saturated heterocycles. The number of hydrogen-bond acceptors (Lipinski definition) is 3. The van der Waals surface area contributed by atoms with E-state index >= 15 is 0 Å². The van der Waals surface area contributed by atoms with E-state index in [1.165, 1.54) is 5.56 Å². The molecule has 0 aliphatic rings. The Morgan fingerprint density at radius 2 is 2.38 bits per heavy atom. The van der Waals surface area contributed by atoms with Gasteiger partial charge in [0.25, 0.3) is 0 Å². The van der Waals surface area contributed by atoms with Gasteiger partial charge in [-0.25, -0.2) is 0 Å². The largest absolute Gasteiger partial charge is 0.329 e. The van der Waals surface area contributed by atoms with Crippen molar-refractivity contribution in [3.05, 3.63) is 17.5 Å². The van der Waals surface area contributed by atoms with Crippen molar-refractivity contribution in [2.45, 2.75) is 26.3 Å². The molecule has 1 unspecified atom stereocenters. The van der Waals surface area contributed by atoms with Gasteiger partial charge in [0.05, 0.1) is 6.20 Å². The Balaban J connectivity index is 2.59. The quantitative estimate of drug-likeness (QED) is 0.568. The van der Waals surface area contributed by atoms with Crippen LogP contribution in [0.2, 0.25) is 0 Å². The predicted molar refractivity (Wildman–Crippen MR) is 65.8 cm³/mol. The van der Waals surface area contributed by atoms with Crippen LogP contribution in [0.1, 0.15) is 30.6 Å². The lowest BCUT2D eigenvalue weighted by molar-refractivity contribution is 0.547. The first kappa shape index (κ1) is 12.8. The highest BCUT2D eigenvalue weighted by Gasteiger charge is 2.13. The zero-order chi connectivity index (χ0) is 12.0. The molecule has 1 rings (SSSR count). The second-order valence-electron chi connectivity index (χ2n) is 3.73. The second kappa shape index (κ2) is 6.31. The third-order valence-electron chi connectivity index (χ3n) is 2.70. The van der Waals surface area contributed by atoms with Crippen LogP contribution in [0.15, 0.2) is 6.20 Å². The van der Waals surface area contributed by atoms with E-state index in [1.807, 2.05) is 24.9 Å². The minimum atomic E-state index is 0.173. The van der Waals surface area contributed by atoms with Gasteiger partial charge < -0.3 is 11.1 Å². The van der Waals surface area contributed by atoms with Gasteiger partial charge in [-0.1, -0.05) is 0 Å². The van der Waals surface area contributed by atoms with Crippen molar-refractivity contribution in [3.8, 4) is 11.8 Å². The summed E-state index contributed by atoms with van der Waals surface area (Å²) >= 11 is 0. The Labute approximate surface area is 97.2 Å². The van der Waals surface area contributed by atoms with Crippen molar-refractivity contribution < 1.29 is 0 Å². The molecule has 0 bridgehead atoms. The van der Waals surface area contributed by atoms with Crippen molar-refractivity contribution in [2.75, 3.05) is 13.1 Å². The highest BCUT2D eigenvalue weighted by molar-refractivity contribution is 5.20. The molecular weight excluding hydrogens is 200 g/mol. The van der Waals surface area contributed by atoms with Gasteiger partial charge >= 0.3 is 0 Å². The summed E-state index contributed by atoms with van der Waals surface area (Å²) < 4.78 is 1.87. The third-order valence-corrected chi connectivity index (χ3v) is 2.70. The van der Waals surface area contributed by atoms with E-state index in [-0.39, 0.29) is 6.04 Å². The first-order chi connectivity index (χ1) is 7.70. The molecule has 16 heavy (non-hydrogen) atoms. The van der Waals surface area contributed by atoms with Gasteiger partial charge in [0.15, 0.2) is 0 Å². The molecule has 88 valence electrons. The molecule has 0 aromatic carbocycles. The molecule has 1 atom stereocenters. The summed E-state index contributed by atoms with van der Waals surface area (Å²) in [7, 11) is 1.94. The van der Waals surface area contributed by atoms with Crippen LogP contribution in [-0.4, -0.2) is 22.9 Å². The first-order valence-electron chi connectivity index (χ1n) is 5.52. The first-order valence-corrected chi connectivity index (χ1v) is 5.52. The number of nitrogens with one attached hydrogen (secondary N) is 1. The molecule has 1 aromatic rings. The second-order valence-corrected chi connectivity index (χ2v) is 3.73. The van der Waals surface area contributed by atoms with E-state index in [9.17, 15) is 0 Å². The van der Waals surface area contributed by atoms with Crippen LogP contribution >= 0.6 is 0 Å². The maximum absolute atomic E-state index is 5.76. The normalized spacial score (nSPS) is 12.0. The molecule has 1 heterocycles. The fourth-order valence-electron chi connectivity index (χ4n) is 1.61. The minimum Gasteiger partial charge on any atom is -0.329 e. The van der Waals surface area contributed by atoms with Gasteiger partial charge in [0.1, 0.15) is 0 Å². The lowest BCUT2D eigenvalue weighted by Crippen LogP contribution is -2.29.